The van der Waals surface area contributed by atoms with Crippen LogP contribution in [0, 0.1) is 35.5 Å². The van der Waals surface area contributed by atoms with E-state index in [-0.39, 0.29) is 44.6 Å². The van der Waals surface area contributed by atoms with Gasteiger partial charge in [0.25, 0.3) is 11.1 Å². The van der Waals surface area contributed by atoms with Gasteiger partial charge in [-0.1, -0.05) is 13.8 Å². The fourth-order valence-corrected chi connectivity index (χ4v) is 13.8. The number of rotatable bonds is 9. The topological polar surface area (TPSA) is 194 Å². The number of aromatic carboxylic acids is 1. The molecule has 0 aliphatic heterocycles. The zero-order valence-electron chi connectivity index (χ0n) is 38.1. The van der Waals surface area contributed by atoms with Crippen LogP contribution in [0.4, 0.5) is 13.2 Å². The summed E-state index contributed by atoms with van der Waals surface area (Å²) in [5, 5.41) is 18.0. The number of ether oxygens (including phenoxy) is 1. The van der Waals surface area contributed by atoms with Crippen molar-refractivity contribution >= 4 is 39.9 Å². The van der Waals surface area contributed by atoms with E-state index < -0.39 is 17.7 Å². The van der Waals surface area contributed by atoms with Crippen LogP contribution in [-0.2, 0) is 30.1 Å². The van der Waals surface area contributed by atoms with Crippen molar-refractivity contribution in [3.8, 4) is 17.5 Å². The van der Waals surface area contributed by atoms with Gasteiger partial charge >= 0.3 is 18.2 Å². The van der Waals surface area contributed by atoms with Crippen LogP contribution in [0.25, 0.3) is 22.3 Å². The van der Waals surface area contributed by atoms with Crippen LogP contribution in [0.2, 0.25) is 5.28 Å². The predicted molar refractivity (Wildman–Crippen MR) is 248 cm³/mol. The molecule has 14 rings (SSSR count). The minimum atomic E-state index is -4.33. The average Bonchev–Trinajstić information content (AvgIpc) is 3.93. The molecule has 8 fully saturated rings. The first-order valence-electron chi connectivity index (χ1n) is 24.1. The molecular formula is C50H56ClF3N8O6. The normalized spacial score (nSPS) is 27.5. The van der Waals surface area contributed by atoms with Crippen LogP contribution < -0.4 is 15.9 Å². The van der Waals surface area contributed by atoms with E-state index in [1.54, 1.807) is 16.7 Å². The van der Waals surface area contributed by atoms with Gasteiger partial charge in [-0.25, -0.2) is 14.8 Å². The van der Waals surface area contributed by atoms with Crippen molar-refractivity contribution in [3.63, 3.8) is 0 Å². The number of alkyl halides is 3. The fourth-order valence-electron chi connectivity index (χ4n) is 13.6. The first-order chi connectivity index (χ1) is 32.5. The molecule has 8 aliphatic carbocycles. The van der Waals surface area contributed by atoms with Gasteiger partial charge in [0.1, 0.15) is 23.1 Å². The molecule has 0 radical (unpaired) electrons. The summed E-state index contributed by atoms with van der Waals surface area (Å²) < 4.78 is 44.5. The maximum atomic E-state index is 13.4. The largest absolute Gasteiger partial charge is 0.508 e. The zero-order chi connectivity index (χ0) is 47.7. The molecule has 0 amide bonds. The van der Waals surface area contributed by atoms with Crippen LogP contribution in [0.1, 0.15) is 131 Å². The van der Waals surface area contributed by atoms with Gasteiger partial charge in [0.2, 0.25) is 5.28 Å². The summed E-state index contributed by atoms with van der Waals surface area (Å²) >= 11 is 6.21. The van der Waals surface area contributed by atoms with Crippen molar-refractivity contribution in [2.75, 3.05) is 0 Å². The molecule has 0 saturated heterocycles. The van der Waals surface area contributed by atoms with E-state index in [2.05, 4.69) is 19.9 Å². The highest BCUT2D eigenvalue weighted by atomic mass is 35.5. The number of hydrogen-bond acceptors (Lipinski definition) is 9. The smallest absolute Gasteiger partial charge is 0.416 e. The minimum absolute atomic E-state index is 0.0468. The molecule has 4 aromatic heterocycles. The number of aromatic nitrogens is 8. The third kappa shape index (κ3) is 8.68. The van der Waals surface area contributed by atoms with Crippen molar-refractivity contribution in [2.24, 2.45) is 35.5 Å². The van der Waals surface area contributed by atoms with Gasteiger partial charge in [-0.05, 0) is 186 Å². The summed E-state index contributed by atoms with van der Waals surface area (Å²) in [4.78, 5) is 62.7. The second kappa shape index (κ2) is 17.7. The van der Waals surface area contributed by atoms with E-state index in [1.807, 2.05) is 13.8 Å². The lowest BCUT2D eigenvalue weighted by Crippen LogP contribution is -2.49. The molecule has 6 aromatic rings. The van der Waals surface area contributed by atoms with Gasteiger partial charge < -0.3 is 24.9 Å². The third-order valence-electron chi connectivity index (χ3n) is 15.6. The van der Waals surface area contributed by atoms with Crippen molar-refractivity contribution < 1.29 is 32.9 Å². The van der Waals surface area contributed by atoms with Gasteiger partial charge in [0, 0.05) is 23.9 Å². The van der Waals surface area contributed by atoms with Gasteiger partial charge in [-0.2, -0.15) is 23.1 Å². The molecule has 2 aromatic carbocycles. The van der Waals surface area contributed by atoms with Crippen LogP contribution in [-0.4, -0.2) is 55.2 Å². The first-order valence-corrected chi connectivity index (χ1v) is 24.4. The molecule has 8 saturated carbocycles. The maximum absolute atomic E-state index is 13.4. The molecule has 0 atom stereocenters. The molecule has 4 N–H and O–H groups in total. The minimum Gasteiger partial charge on any atom is -0.508 e. The number of benzene rings is 2. The number of hydrogen-bond donors (Lipinski definition) is 4. The molecule has 18 heteroatoms. The summed E-state index contributed by atoms with van der Waals surface area (Å²) in [6.45, 7) is 5.08. The number of H-pyrrole nitrogens is 2. The summed E-state index contributed by atoms with van der Waals surface area (Å²) in [5.41, 5.74) is 1.20. The van der Waals surface area contributed by atoms with Crippen LogP contribution in [0.5, 0.6) is 17.5 Å². The van der Waals surface area contributed by atoms with Crippen LogP contribution >= 0.6 is 11.6 Å². The van der Waals surface area contributed by atoms with Crippen molar-refractivity contribution in [2.45, 2.75) is 134 Å². The second-order valence-electron chi connectivity index (χ2n) is 20.6. The molecule has 68 heavy (non-hydrogen) atoms. The summed E-state index contributed by atoms with van der Waals surface area (Å²) in [6.07, 6.45) is 12.6. The molecule has 0 spiro atoms. The average molecular weight is 957 g/mol. The number of nitrogens with one attached hydrogen (secondary N) is 2. The highest BCUT2D eigenvalue weighted by Gasteiger charge is 2.54. The Balaban J connectivity index is 0.000000134. The second-order valence-corrected chi connectivity index (χ2v) is 21.0. The van der Waals surface area contributed by atoms with E-state index in [0.29, 0.717) is 41.2 Å². The van der Waals surface area contributed by atoms with Gasteiger partial charge in [0.15, 0.2) is 22.3 Å². The lowest BCUT2D eigenvalue weighted by Gasteiger charge is -2.55. The van der Waals surface area contributed by atoms with Crippen molar-refractivity contribution in [1.29, 1.82) is 0 Å². The Hall–Kier alpha value is -5.71. The molecule has 0 unspecified atom stereocenters. The molecule has 8 aliphatic rings. The number of aromatic hydroxyl groups is 1. The number of imidazole rings is 2. The lowest BCUT2D eigenvalue weighted by molar-refractivity contribution is -0.137. The standard InChI is InChI=1S/C25H28N4O4.C18H23ClN4O.C7H5F3O/c1-2-7-29-21(30)19-20(28-24(29)33-18-5-3-17(4-6-18)22(31)32)27-23(26-19)25-11-14-8-15(12-25)10-16(9-14)13-25;1-2-3-23-15(24)13-14(22-17(23)19)21-16(20-13)18-7-10-4-11(8-18)6-12(5-10)9-18;8-7(9,10)5-1-3-6(11)4-2-5/h3-6,14-16H,2,7-13H2,1H3,(H,26,27)(H,31,32);10-12H,2-9H2,1H3,(H,20,21);1-4,11H. The number of phenolic OH excluding ortho intramolecular Hbond substituents is 1. The van der Waals surface area contributed by atoms with Crippen LogP contribution in [0.3, 0.4) is 0 Å². The predicted octanol–water partition coefficient (Wildman–Crippen LogP) is 10.5. The first kappa shape index (κ1) is 46.0. The molecule has 8 bridgehead atoms. The Morgan fingerprint density at radius 3 is 1.54 bits per heavy atom. The number of fused-ring (bicyclic) bond motifs is 2. The van der Waals surface area contributed by atoms with E-state index in [1.165, 1.54) is 74.5 Å². The highest BCUT2D eigenvalue weighted by molar-refractivity contribution is 6.28. The number of nitrogens with zero attached hydrogens (tertiary/aromatic N) is 6. The van der Waals surface area contributed by atoms with Crippen molar-refractivity contribution in [1.82, 2.24) is 39.0 Å². The Labute approximate surface area is 394 Å². The van der Waals surface area contributed by atoms with E-state index in [0.717, 1.165) is 104 Å². The molecule has 14 nitrogen and oxygen atoms in total. The Kier molecular flexibility index (Phi) is 12.0. The van der Waals surface area contributed by atoms with Gasteiger partial charge in [0.05, 0.1) is 11.1 Å². The number of carbonyl (C=O) groups is 1. The van der Waals surface area contributed by atoms with Gasteiger partial charge in [-0.3, -0.25) is 18.7 Å². The SMILES string of the molecule is CCCn1c(Cl)nc2nc(C34CC5CC(CC(C5)C3)C4)[nH]c2c1=O.CCCn1c(Oc2ccc(C(=O)O)cc2)nc2nc(C34CC5CC(CC(C5)C3)C4)[nH]c2c1=O.Oc1ccc(C(F)(F)F)cc1. The monoisotopic (exact) mass is 956 g/mol. The number of aromatic amines is 2. The molecule has 360 valence electrons. The Morgan fingerprint density at radius 2 is 1.12 bits per heavy atom. The highest BCUT2D eigenvalue weighted by Crippen LogP contribution is 2.61. The van der Waals surface area contributed by atoms with E-state index in [4.69, 9.17) is 36.5 Å². The van der Waals surface area contributed by atoms with Gasteiger partial charge in [-0.15, -0.1) is 0 Å². The third-order valence-corrected chi connectivity index (χ3v) is 15.9. The number of halogens is 4. The van der Waals surface area contributed by atoms with E-state index >= 15 is 0 Å². The Bertz CT molecular complexity index is 2910. The zero-order valence-corrected chi connectivity index (χ0v) is 38.9. The summed E-state index contributed by atoms with van der Waals surface area (Å²) in [5.74, 6) is 6.04. The fraction of sp³-hybridized carbons (Fsp3) is 0.540. The van der Waals surface area contributed by atoms with Crippen LogP contribution in [0.15, 0.2) is 58.1 Å². The number of phenols is 1. The maximum Gasteiger partial charge on any atom is 0.416 e. The molecular weight excluding hydrogens is 901 g/mol. The van der Waals surface area contributed by atoms with Crippen molar-refractivity contribution in [3.05, 3.63) is 97.3 Å². The quantitative estimate of drug-likeness (QED) is 0.101. The summed E-state index contributed by atoms with van der Waals surface area (Å²) in [7, 11) is 0. The Morgan fingerprint density at radius 1 is 0.691 bits per heavy atom. The lowest BCUT2D eigenvalue weighted by atomic mass is 9.49. The van der Waals surface area contributed by atoms with E-state index in [9.17, 15) is 27.6 Å². The number of carboxylic acids is 1. The number of carboxylic acid groups (broad SMARTS) is 1. The molecule has 4 heterocycles. The summed E-state index contributed by atoms with van der Waals surface area (Å²) in [6, 6.07) is 9.93.